The number of carbonyl (C=O) groups excluding carboxylic acids is 1. The van der Waals surface area contributed by atoms with Crippen molar-refractivity contribution in [2.24, 2.45) is 4.99 Å². The van der Waals surface area contributed by atoms with Crippen LogP contribution in [0.5, 0.6) is 0 Å². The highest BCUT2D eigenvalue weighted by Crippen LogP contribution is 2.00. The maximum atomic E-state index is 9.51. The Balaban J connectivity index is -0.000000205. The van der Waals surface area contributed by atoms with Crippen molar-refractivity contribution in [1.82, 2.24) is 0 Å². The molecule has 4 nitrogen and oxygen atoms in total. The second kappa shape index (κ2) is 29.3. The van der Waals surface area contributed by atoms with Gasteiger partial charge < -0.3 is 8.92 Å². The van der Waals surface area contributed by atoms with Crippen LogP contribution in [0, 0.1) is 0 Å². The van der Waals surface area contributed by atoms with Gasteiger partial charge in [0, 0.05) is 20.0 Å². The SMILES string of the molecule is CC.COC.COSCCCN=C=O. The molecule has 0 amide bonds. The molecule has 0 rings (SSSR count). The fourth-order valence-corrected chi connectivity index (χ4v) is 0.745. The van der Waals surface area contributed by atoms with Crippen LogP contribution >= 0.6 is 12.0 Å². The van der Waals surface area contributed by atoms with E-state index in [-0.39, 0.29) is 0 Å². The maximum absolute atomic E-state index is 9.51. The molecular formula is C9H21NO3S. The van der Waals surface area contributed by atoms with Gasteiger partial charge in [0.05, 0.1) is 13.7 Å². The monoisotopic (exact) mass is 223 g/mol. The van der Waals surface area contributed by atoms with E-state index in [9.17, 15) is 4.79 Å². The Hall–Kier alpha value is -0.350. The lowest BCUT2D eigenvalue weighted by Crippen LogP contribution is -1.83. The van der Waals surface area contributed by atoms with Crippen LogP contribution < -0.4 is 0 Å². The van der Waals surface area contributed by atoms with E-state index in [1.54, 1.807) is 21.3 Å². The van der Waals surface area contributed by atoms with Crippen LogP contribution in [-0.2, 0) is 13.7 Å². The zero-order valence-electron chi connectivity index (χ0n) is 9.70. The molecule has 0 saturated carbocycles. The second-order valence-corrected chi connectivity index (χ2v) is 2.70. The molecule has 0 aromatic rings. The van der Waals surface area contributed by atoms with Crippen LogP contribution in [0.4, 0.5) is 0 Å². The summed E-state index contributed by atoms with van der Waals surface area (Å²) in [6.45, 7) is 4.56. The van der Waals surface area contributed by atoms with Gasteiger partial charge >= 0.3 is 0 Å². The largest absolute Gasteiger partial charge is 0.388 e. The topological polar surface area (TPSA) is 47.9 Å². The predicted molar refractivity (Wildman–Crippen MR) is 61.4 cm³/mol. The molecule has 0 spiro atoms. The van der Waals surface area contributed by atoms with Crippen molar-refractivity contribution in [3.63, 3.8) is 0 Å². The van der Waals surface area contributed by atoms with Gasteiger partial charge in [-0.1, -0.05) is 13.8 Å². The first-order valence-electron chi connectivity index (χ1n) is 4.42. The van der Waals surface area contributed by atoms with Crippen LogP contribution in [0.2, 0.25) is 0 Å². The van der Waals surface area contributed by atoms with E-state index in [0.29, 0.717) is 6.54 Å². The van der Waals surface area contributed by atoms with E-state index in [0.717, 1.165) is 12.2 Å². The number of aliphatic imine (C=N–C) groups is 1. The first-order valence-corrected chi connectivity index (χ1v) is 5.33. The van der Waals surface area contributed by atoms with Crippen LogP contribution in [0.1, 0.15) is 20.3 Å². The van der Waals surface area contributed by atoms with E-state index < -0.39 is 0 Å². The molecule has 0 aromatic heterocycles. The molecule has 0 bridgehead atoms. The lowest BCUT2D eigenvalue weighted by Gasteiger charge is -1.91. The maximum Gasteiger partial charge on any atom is 0.234 e. The quantitative estimate of drug-likeness (QED) is 0.310. The number of methoxy groups -OCH3 is 1. The molecule has 0 aliphatic rings. The molecule has 0 unspecified atom stereocenters. The summed E-state index contributed by atoms with van der Waals surface area (Å²) in [6.07, 6.45) is 2.34. The van der Waals surface area contributed by atoms with E-state index in [1.807, 2.05) is 13.8 Å². The second-order valence-electron chi connectivity index (χ2n) is 1.72. The van der Waals surface area contributed by atoms with Gasteiger partial charge in [0.2, 0.25) is 6.08 Å². The van der Waals surface area contributed by atoms with Crippen molar-refractivity contribution in [1.29, 1.82) is 0 Å². The van der Waals surface area contributed by atoms with Gasteiger partial charge in [0.25, 0.3) is 0 Å². The van der Waals surface area contributed by atoms with Crippen molar-refractivity contribution in [2.75, 3.05) is 33.6 Å². The van der Waals surface area contributed by atoms with Crippen molar-refractivity contribution in [3.8, 4) is 0 Å². The highest BCUT2D eigenvalue weighted by molar-refractivity contribution is 7.94. The third kappa shape index (κ3) is 41.4. The molecule has 0 radical (unpaired) electrons. The Morgan fingerprint density at radius 3 is 2.14 bits per heavy atom. The predicted octanol–water partition coefficient (Wildman–Crippen LogP) is 2.30. The fourth-order valence-electron chi connectivity index (χ4n) is 0.332. The van der Waals surface area contributed by atoms with Gasteiger partial charge in [-0.2, -0.15) is 0 Å². The van der Waals surface area contributed by atoms with Crippen molar-refractivity contribution >= 4 is 18.1 Å². The summed E-state index contributed by atoms with van der Waals surface area (Å²) in [5.74, 6) is 0.877. The first-order chi connectivity index (χ1) is 6.83. The molecule has 0 N–H and O–H groups in total. The third-order valence-electron chi connectivity index (χ3n) is 0.680. The van der Waals surface area contributed by atoms with Crippen LogP contribution in [0.3, 0.4) is 0 Å². The first kappa shape index (κ1) is 19.3. The van der Waals surface area contributed by atoms with E-state index in [2.05, 4.69) is 9.73 Å². The van der Waals surface area contributed by atoms with Crippen LogP contribution in [0.15, 0.2) is 4.99 Å². The Bertz CT molecular complexity index is 117. The summed E-state index contributed by atoms with van der Waals surface area (Å²) in [5, 5.41) is 0. The fraction of sp³-hybridized carbons (Fsp3) is 0.889. The molecule has 0 fully saturated rings. The number of hydrogen-bond donors (Lipinski definition) is 0. The average Bonchev–Trinajstić information content (AvgIpc) is 2.22. The Morgan fingerprint density at radius 2 is 1.79 bits per heavy atom. The van der Waals surface area contributed by atoms with Gasteiger partial charge in [-0.25, -0.2) is 9.79 Å². The zero-order valence-corrected chi connectivity index (χ0v) is 10.5. The summed E-state index contributed by atoms with van der Waals surface area (Å²) in [7, 11) is 4.87. The molecule has 5 heteroatoms. The van der Waals surface area contributed by atoms with Crippen molar-refractivity contribution in [3.05, 3.63) is 0 Å². The lowest BCUT2D eigenvalue weighted by molar-refractivity contribution is 0.277. The Labute approximate surface area is 91.3 Å². The molecule has 0 heterocycles. The van der Waals surface area contributed by atoms with E-state index in [1.165, 1.54) is 18.1 Å². The summed E-state index contributed by atoms with van der Waals surface area (Å²) in [4.78, 5) is 12.9. The van der Waals surface area contributed by atoms with Gasteiger partial charge in [-0.05, 0) is 18.5 Å². The molecule has 0 atom stereocenters. The normalized spacial score (nSPS) is 7.21. The minimum absolute atomic E-state index is 0.555. The minimum Gasteiger partial charge on any atom is -0.388 e. The highest BCUT2D eigenvalue weighted by atomic mass is 32.2. The van der Waals surface area contributed by atoms with Gasteiger partial charge in [0.15, 0.2) is 0 Å². The van der Waals surface area contributed by atoms with E-state index in [4.69, 9.17) is 4.18 Å². The molecule has 0 aliphatic carbocycles. The smallest absolute Gasteiger partial charge is 0.234 e. The number of isocyanates is 1. The standard InChI is InChI=1S/C5H9NO2S.C2H6O.C2H6/c1-8-9-4-2-3-6-5-7;1-3-2;1-2/h2-4H2,1H3;1-2H3;1-2H3. The molecule has 0 aliphatic heterocycles. The number of ether oxygens (including phenoxy) is 1. The summed E-state index contributed by atoms with van der Waals surface area (Å²) in [5.41, 5.74) is 0. The van der Waals surface area contributed by atoms with E-state index >= 15 is 0 Å². The number of hydrogen-bond acceptors (Lipinski definition) is 5. The van der Waals surface area contributed by atoms with Gasteiger partial charge in [-0.15, -0.1) is 0 Å². The number of nitrogens with zero attached hydrogens (tertiary/aromatic N) is 1. The van der Waals surface area contributed by atoms with Crippen molar-refractivity contribution < 1.29 is 13.7 Å². The molecule has 0 saturated heterocycles. The molecular weight excluding hydrogens is 202 g/mol. The zero-order chi connectivity index (χ0) is 11.7. The Kier molecular flexibility index (Phi) is 40.4. The number of rotatable bonds is 5. The molecule has 86 valence electrons. The van der Waals surface area contributed by atoms with Crippen LogP contribution in [-0.4, -0.2) is 39.7 Å². The lowest BCUT2D eigenvalue weighted by atomic mass is 10.5. The van der Waals surface area contributed by atoms with Gasteiger partial charge in [0.1, 0.15) is 0 Å². The minimum atomic E-state index is 0.555. The molecule has 14 heavy (non-hydrogen) atoms. The summed E-state index contributed by atoms with van der Waals surface area (Å²) >= 11 is 1.37. The average molecular weight is 223 g/mol. The van der Waals surface area contributed by atoms with Crippen molar-refractivity contribution in [2.45, 2.75) is 20.3 Å². The third-order valence-corrected chi connectivity index (χ3v) is 1.37. The van der Waals surface area contributed by atoms with Gasteiger partial charge in [-0.3, -0.25) is 0 Å². The summed E-state index contributed by atoms with van der Waals surface area (Å²) in [6, 6.07) is 0. The van der Waals surface area contributed by atoms with Crippen LogP contribution in [0.25, 0.3) is 0 Å². The summed E-state index contributed by atoms with van der Waals surface area (Å²) < 4.78 is 8.95. The highest BCUT2D eigenvalue weighted by Gasteiger charge is 1.84. The Morgan fingerprint density at radius 1 is 1.29 bits per heavy atom. The molecule has 0 aromatic carbocycles.